The van der Waals surface area contributed by atoms with Crippen LogP contribution in [0.3, 0.4) is 0 Å². The number of rotatable bonds is 6. The number of amides is 2. The first kappa shape index (κ1) is 17.9. The van der Waals surface area contributed by atoms with Crippen LogP contribution in [-0.4, -0.2) is 36.6 Å². The third-order valence-corrected chi connectivity index (χ3v) is 5.58. The van der Waals surface area contributed by atoms with Crippen LogP contribution in [0.2, 0.25) is 0 Å². The molecule has 1 N–H and O–H groups in total. The summed E-state index contributed by atoms with van der Waals surface area (Å²) >= 11 is 0. The first-order valence-electron chi connectivity index (χ1n) is 9.81. The van der Waals surface area contributed by atoms with Gasteiger partial charge in [0.05, 0.1) is 5.92 Å². The van der Waals surface area contributed by atoms with Gasteiger partial charge in [-0.3, -0.25) is 9.59 Å². The van der Waals surface area contributed by atoms with Gasteiger partial charge in [-0.05, 0) is 49.8 Å². The van der Waals surface area contributed by atoms with Crippen LogP contribution in [0.15, 0.2) is 29.8 Å². The molecule has 0 spiro atoms. The highest BCUT2D eigenvalue weighted by Gasteiger charge is 2.34. The molecule has 1 unspecified atom stereocenters. The Bertz CT molecular complexity index is 759. The number of hydrogen-bond donors (Lipinski definition) is 1. The van der Waals surface area contributed by atoms with Crippen molar-refractivity contribution in [2.45, 2.75) is 45.1 Å². The second kappa shape index (κ2) is 8.03. The van der Waals surface area contributed by atoms with Gasteiger partial charge in [-0.1, -0.05) is 17.7 Å². The summed E-state index contributed by atoms with van der Waals surface area (Å²) in [4.78, 5) is 26.6. The van der Waals surface area contributed by atoms with Crippen molar-refractivity contribution in [2.24, 2.45) is 5.92 Å². The zero-order valence-electron chi connectivity index (χ0n) is 15.5. The largest absolute Gasteiger partial charge is 0.454 e. The maximum atomic E-state index is 12.5. The quantitative estimate of drug-likeness (QED) is 0.782. The van der Waals surface area contributed by atoms with Crippen LogP contribution in [0, 0.1) is 5.92 Å². The van der Waals surface area contributed by atoms with E-state index in [1.807, 2.05) is 23.1 Å². The SMILES string of the molecule is O=C(NCc1ccc2c(c1)OCO2)C1CC(=O)N(CCC2=CCCCC2)C1. The molecule has 2 heterocycles. The summed E-state index contributed by atoms with van der Waals surface area (Å²) in [5.74, 6) is 1.22. The number of hydrogen-bond acceptors (Lipinski definition) is 4. The summed E-state index contributed by atoms with van der Waals surface area (Å²) < 4.78 is 10.7. The standard InChI is InChI=1S/C21H26N2O4/c24-20-11-17(13-23(20)9-8-15-4-2-1-3-5-15)21(25)22-12-16-6-7-18-19(10-16)27-14-26-18/h4,6-7,10,17H,1-3,5,8-9,11-14H2,(H,22,25). The molecule has 4 rings (SSSR count). The van der Waals surface area contributed by atoms with E-state index in [1.165, 1.54) is 18.4 Å². The van der Waals surface area contributed by atoms with E-state index in [1.54, 1.807) is 0 Å². The lowest BCUT2D eigenvalue weighted by molar-refractivity contribution is -0.129. The van der Waals surface area contributed by atoms with E-state index in [9.17, 15) is 9.59 Å². The van der Waals surface area contributed by atoms with Crippen LogP contribution in [0.1, 0.15) is 44.1 Å². The van der Waals surface area contributed by atoms with Crippen molar-refractivity contribution in [3.05, 3.63) is 35.4 Å². The fourth-order valence-electron chi connectivity index (χ4n) is 3.96. The summed E-state index contributed by atoms with van der Waals surface area (Å²) in [5.41, 5.74) is 2.42. The number of likely N-dealkylation sites (tertiary alicyclic amines) is 1. The molecule has 6 heteroatoms. The minimum Gasteiger partial charge on any atom is -0.454 e. The van der Waals surface area contributed by atoms with Gasteiger partial charge in [0, 0.05) is 26.1 Å². The summed E-state index contributed by atoms with van der Waals surface area (Å²) in [6.07, 6.45) is 8.42. The molecule has 1 aromatic rings. The Morgan fingerprint density at radius 2 is 2.11 bits per heavy atom. The minimum absolute atomic E-state index is 0.0552. The Morgan fingerprint density at radius 1 is 1.22 bits per heavy atom. The summed E-state index contributed by atoms with van der Waals surface area (Å²) in [6.45, 7) is 1.92. The van der Waals surface area contributed by atoms with Crippen LogP contribution in [0.25, 0.3) is 0 Å². The van der Waals surface area contributed by atoms with Crippen molar-refractivity contribution in [3.63, 3.8) is 0 Å². The molecule has 2 amide bonds. The molecule has 144 valence electrons. The molecule has 1 saturated heterocycles. The van der Waals surface area contributed by atoms with Gasteiger partial charge in [0.1, 0.15) is 0 Å². The van der Waals surface area contributed by atoms with Gasteiger partial charge in [0.15, 0.2) is 11.5 Å². The average Bonchev–Trinajstić information content (AvgIpc) is 3.31. The number of fused-ring (bicyclic) bond motifs is 1. The fourth-order valence-corrected chi connectivity index (χ4v) is 3.96. The van der Waals surface area contributed by atoms with E-state index in [2.05, 4.69) is 11.4 Å². The maximum absolute atomic E-state index is 12.5. The molecule has 0 bridgehead atoms. The monoisotopic (exact) mass is 370 g/mol. The second-order valence-electron chi connectivity index (χ2n) is 7.50. The normalized spacial score (nSPS) is 21.3. The molecular weight excluding hydrogens is 344 g/mol. The lowest BCUT2D eigenvalue weighted by atomic mass is 9.97. The molecular formula is C21H26N2O4. The first-order chi connectivity index (χ1) is 13.2. The lowest BCUT2D eigenvalue weighted by Crippen LogP contribution is -2.33. The number of allylic oxidation sites excluding steroid dienone is 1. The van der Waals surface area contributed by atoms with E-state index in [0.717, 1.165) is 37.1 Å². The number of nitrogens with one attached hydrogen (secondary N) is 1. The molecule has 1 fully saturated rings. The van der Waals surface area contributed by atoms with E-state index in [-0.39, 0.29) is 24.5 Å². The predicted octanol–water partition coefficient (Wildman–Crippen LogP) is 2.77. The molecule has 2 aliphatic heterocycles. The Morgan fingerprint density at radius 3 is 2.96 bits per heavy atom. The molecule has 0 radical (unpaired) electrons. The fraction of sp³-hybridized carbons (Fsp3) is 0.524. The van der Waals surface area contributed by atoms with Gasteiger partial charge in [0.2, 0.25) is 18.6 Å². The third kappa shape index (κ3) is 4.26. The summed E-state index contributed by atoms with van der Waals surface area (Å²) in [6, 6.07) is 5.65. The molecule has 6 nitrogen and oxygen atoms in total. The number of carbonyl (C=O) groups excluding carboxylic acids is 2. The number of carbonyl (C=O) groups is 2. The Hall–Kier alpha value is -2.50. The Balaban J connectivity index is 1.25. The van der Waals surface area contributed by atoms with Crippen molar-refractivity contribution < 1.29 is 19.1 Å². The second-order valence-corrected chi connectivity index (χ2v) is 7.50. The third-order valence-electron chi connectivity index (χ3n) is 5.58. The van der Waals surface area contributed by atoms with E-state index in [4.69, 9.17) is 9.47 Å². The highest BCUT2D eigenvalue weighted by atomic mass is 16.7. The average molecular weight is 370 g/mol. The van der Waals surface area contributed by atoms with E-state index >= 15 is 0 Å². The van der Waals surface area contributed by atoms with Gasteiger partial charge < -0.3 is 19.7 Å². The van der Waals surface area contributed by atoms with Gasteiger partial charge in [-0.25, -0.2) is 0 Å². The van der Waals surface area contributed by atoms with Crippen LogP contribution in [0.4, 0.5) is 0 Å². The van der Waals surface area contributed by atoms with Crippen LogP contribution in [0.5, 0.6) is 11.5 Å². The smallest absolute Gasteiger partial charge is 0.231 e. The molecule has 3 aliphatic rings. The van der Waals surface area contributed by atoms with Gasteiger partial charge in [-0.15, -0.1) is 0 Å². The molecule has 1 aliphatic carbocycles. The lowest BCUT2D eigenvalue weighted by Gasteiger charge is -2.19. The predicted molar refractivity (Wildman–Crippen MR) is 100 cm³/mol. The van der Waals surface area contributed by atoms with Gasteiger partial charge in [-0.2, -0.15) is 0 Å². The zero-order chi connectivity index (χ0) is 18.6. The van der Waals surface area contributed by atoms with Crippen molar-refractivity contribution >= 4 is 11.8 Å². The zero-order valence-corrected chi connectivity index (χ0v) is 15.5. The van der Waals surface area contributed by atoms with Gasteiger partial charge >= 0.3 is 0 Å². The highest BCUT2D eigenvalue weighted by Crippen LogP contribution is 2.32. The Kier molecular flexibility index (Phi) is 5.32. The molecule has 0 aromatic heterocycles. The number of nitrogens with zero attached hydrogens (tertiary/aromatic N) is 1. The van der Waals surface area contributed by atoms with Crippen molar-refractivity contribution in [2.75, 3.05) is 19.9 Å². The number of benzene rings is 1. The minimum atomic E-state index is -0.258. The van der Waals surface area contributed by atoms with Gasteiger partial charge in [0.25, 0.3) is 0 Å². The van der Waals surface area contributed by atoms with Crippen LogP contribution in [-0.2, 0) is 16.1 Å². The molecule has 1 atom stereocenters. The highest BCUT2D eigenvalue weighted by molar-refractivity contribution is 5.89. The maximum Gasteiger partial charge on any atom is 0.231 e. The van der Waals surface area contributed by atoms with Crippen LogP contribution < -0.4 is 14.8 Å². The molecule has 0 saturated carbocycles. The molecule has 1 aromatic carbocycles. The summed E-state index contributed by atoms with van der Waals surface area (Å²) in [7, 11) is 0. The molecule has 27 heavy (non-hydrogen) atoms. The first-order valence-corrected chi connectivity index (χ1v) is 9.81. The van der Waals surface area contributed by atoms with Crippen molar-refractivity contribution in [3.8, 4) is 11.5 Å². The van der Waals surface area contributed by atoms with Crippen LogP contribution >= 0.6 is 0 Å². The number of ether oxygens (including phenoxy) is 2. The topological polar surface area (TPSA) is 67.9 Å². The van der Waals surface area contributed by atoms with E-state index < -0.39 is 0 Å². The van der Waals surface area contributed by atoms with Crippen molar-refractivity contribution in [1.82, 2.24) is 10.2 Å². The Labute approximate surface area is 159 Å². The summed E-state index contributed by atoms with van der Waals surface area (Å²) in [5, 5.41) is 2.95. The van der Waals surface area contributed by atoms with E-state index in [0.29, 0.717) is 25.3 Å². The van der Waals surface area contributed by atoms with Crippen molar-refractivity contribution in [1.29, 1.82) is 0 Å².